The van der Waals surface area contributed by atoms with E-state index < -0.39 is 49.5 Å². The fraction of sp³-hybridized carbons (Fsp3) is 0.969. The van der Waals surface area contributed by atoms with Crippen LogP contribution in [-0.4, -0.2) is 87.5 Å². The Morgan fingerprint density at radius 2 is 1.22 bits per heavy atom. The van der Waals surface area contributed by atoms with Gasteiger partial charge in [0.25, 0.3) is 0 Å². The van der Waals surface area contributed by atoms with Gasteiger partial charge in [0, 0.05) is 6.42 Å². The van der Waals surface area contributed by atoms with Gasteiger partial charge in [-0.25, -0.2) is 0 Å². The van der Waals surface area contributed by atoms with Gasteiger partial charge in [-0.1, -0.05) is 123 Å². The first-order chi connectivity index (χ1) is 19.8. The molecule has 0 aromatic carbocycles. The minimum Gasteiger partial charge on any atom is -0.394 e. The molecule has 0 saturated carbocycles. The summed E-state index contributed by atoms with van der Waals surface area (Å²) in [5.41, 5.74) is 0. The Hall–Kier alpha value is -0.810. The van der Waals surface area contributed by atoms with E-state index in [1.165, 1.54) is 64.2 Å². The molecule has 1 aliphatic rings. The molecule has 7 unspecified atom stereocenters. The van der Waals surface area contributed by atoms with Crippen LogP contribution in [0.4, 0.5) is 0 Å². The number of nitrogens with one attached hydrogen (secondary N) is 1. The van der Waals surface area contributed by atoms with E-state index in [-0.39, 0.29) is 12.5 Å². The number of unbranched alkanes of at least 4 members (excludes halogenated alkanes) is 16. The number of hydrogen-bond donors (Lipinski definition) is 6. The molecule has 1 fully saturated rings. The van der Waals surface area contributed by atoms with E-state index in [2.05, 4.69) is 19.2 Å². The van der Waals surface area contributed by atoms with Gasteiger partial charge in [0.1, 0.15) is 24.4 Å². The van der Waals surface area contributed by atoms with Crippen LogP contribution in [0.3, 0.4) is 0 Å². The normalized spacial score (nSPS) is 24.3. The lowest BCUT2D eigenvalue weighted by molar-refractivity contribution is -0.302. The molecule has 0 aliphatic carbocycles. The predicted octanol–water partition coefficient (Wildman–Crippen LogP) is 4.49. The van der Waals surface area contributed by atoms with E-state index in [1.54, 1.807) is 0 Å². The Morgan fingerprint density at radius 3 is 1.73 bits per heavy atom. The molecule has 1 amide bonds. The van der Waals surface area contributed by atoms with Crippen LogP contribution in [-0.2, 0) is 14.3 Å². The highest BCUT2D eigenvalue weighted by Crippen LogP contribution is 2.22. The van der Waals surface area contributed by atoms with Crippen LogP contribution >= 0.6 is 0 Å². The lowest BCUT2D eigenvalue weighted by atomic mass is 9.99. The van der Waals surface area contributed by atoms with Gasteiger partial charge >= 0.3 is 0 Å². The van der Waals surface area contributed by atoms with Gasteiger partial charge in [-0.3, -0.25) is 4.79 Å². The fourth-order valence-electron chi connectivity index (χ4n) is 5.39. The zero-order valence-electron chi connectivity index (χ0n) is 26.1. The largest absolute Gasteiger partial charge is 0.394 e. The van der Waals surface area contributed by atoms with Crippen LogP contribution in [0.5, 0.6) is 0 Å². The van der Waals surface area contributed by atoms with Crippen molar-refractivity contribution >= 4 is 5.91 Å². The lowest BCUT2D eigenvalue weighted by Gasteiger charge is -2.40. The molecular weight excluding hydrogens is 526 g/mol. The topological polar surface area (TPSA) is 149 Å². The van der Waals surface area contributed by atoms with Crippen molar-refractivity contribution in [3.63, 3.8) is 0 Å². The molecule has 0 aromatic heterocycles. The number of carbonyl (C=O) groups is 1. The predicted molar refractivity (Wildman–Crippen MR) is 161 cm³/mol. The minimum absolute atomic E-state index is 0.136. The highest BCUT2D eigenvalue weighted by molar-refractivity contribution is 5.76. The first-order valence-electron chi connectivity index (χ1n) is 16.7. The number of aliphatic hydroxyl groups excluding tert-OH is 5. The summed E-state index contributed by atoms with van der Waals surface area (Å²) in [6.45, 7) is 3.71. The molecule has 244 valence electrons. The summed E-state index contributed by atoms with van der Waals surface area (Å²) in [5.74, 6) is -0.152. The van der Waals surface area contributed by atoms with Gasteiger partial charge in [-0.2, -0.15) is 0 Å². The van der Waals surface area contributed by atoms with Gasteiger partial charge in [0.2, 0.25) is 5.91 Å². The Balaban J connectivity index is 2.39. The first kappa shape index (κ1) is 38.2. The third-order valence-corrected chi connectivity index (χ3v) is 8.21. The van der Waals surface area contributed by atoms with Crippen molar-refractivity contribution in [3.05, 3.63) is 0 Å². The van der Waals surface area contributed by atoms with Crippen molar-refractivity contribution in [3.8, 4) is 0 Å². The number of amides is 1. The van der Waals surface area contributed by atoms with Crippen LogP contribution in [0.25, 0.3) is 0 Å². The quantitative estimate of drug-likeness (QED) is 0.0809. The zero-order chi connectivity index (χ0) is 30.3. The average molecular weight is 590 g/mol. The maximum absolute atomic E-state index is 12.7. The third kappa shape index (κ3) is 17.2. The van der Waals surface area contributed by atoms with E-state index in [0.717, 1.165) is 51.4 Å². The SMILES string of the molecule is CCCCCCCCCCCCCCCC(=O)NC(COC1OC(CO)C(O)C(O)C1O)C(O)CCCCCCC. The Morgan fingerprint density at radius 1 is 0.732 bits per heavy atom. The van der Waals surface area contributed by atoms with E-state index in [1.807, 2.05) is 0 Å². The number of rotatable bonds is 26. The number of carbonyl (C=O) groups excluding carboxylic acids is 1. The molecule has 9 nitrogen and oxygen atoms in total. The smallest absolute Gasteiger partial charge is 0.220 e. The van der Waals surface area contributed by atoms with Crippen LogP contribution in [0.1, 0.15) is 142 Å². The molecule has 1 rings (SSSR count). The van der Waals surface area contributed by atoms with E-state index >= 15 is 0 Å². The Bertz CT molecular complexity index is 623. The number of hydrogen-bond acceptors (Lipinski definition) is 8. The van der Waals surface area contributed by atoms with Crippen molar-refractivity contribution in [1.82, 2.24) is 5.32 Å². The highest BCUT2D eigenvalue weighted by Gasteiger charge is 2.44. The second kappa shape index (κ2) is 24.6. The molecule has 1 saturated heterocycles. The molecule has 0 aromatic rings. The van der Waals surface area contributed by atoms with Crippen molar-refractivity contribution in [1.29, 1.82) is 0 Å². The van der Waals surface area contributed by atoms with Crippen molar-refractivity contribution < 1.29 is 39.8 Å². The molecule has 0 bridgehead atoms. The molecule has 41 heavy (non-hydrogen) atoms. The summed E-state index contributed by atoms with van der Waals surface area (Å²) in [6.07, 6.45) is 14.4. The Labute approximate surface area is 249 Å². The summed E-state index contributed by atoms with van der Waals surface area (Å²) in [6, 6.07) is -0.706. The fourth-order valence-corrected chi connectivity index (χ4v) is 5.39. The summed E-state index contributed by atoms with van der Waals surface area (Å²) in [4.78, 5) is 12.7. The maximum atomic E-state index is 12.7. The molecule has 1 aliphatic heterocycles. The van der Waals surface area contributed by atoms with E-state index in [9.17, 15) is 30.3 Å². The van der Waals surface area contributed by atoms with E-state index in [4.69, 9.17) is 9.47 Å². The number of ether oxygens (including phenoxy) is 2. The van der Waals surface area contributed by atoms with Crippen LogP contribution in [0.15, 0.2) is 0 Å². The summed E-state index contributed by atoms with van der Waals surface area (Å²) in [7, 11) is 0. The minimum atomic E-state index is -1.54. The highest BCUT2D eigenvalue weighted by atomic mass is 16.7. The van der Waals surface area contributed by atoms with Gasteiger partial charge in [-0.05, 0) is 12.8 Å². The summed E-state index contributed by atoms with van der Waals surface area (Å²) in [5, 5.41) is 53.5. The third-order valence-electron chi connectivity index (χ3n) is 8.21. The standard InChI is InChI=1S/C32H63NO8/c1-3-5-7-9-10-11-12-13-14-15-16-18-20-22-28(36)33-25(26(35)21-19-17-8-6-4-2)24-40-32-31(39)30(38)29(37)27(23-34)41-32/h25-27,29-32,34-35,37-39H,3-24H2,1-2H3,(H,33,36). The average Bonchev–Trinajstić information content (AvgIpc) is 2.97. The first-order valence-corrected chi connectivity index (χ1v) is 16.7. The zero-order valence-corrected chi connectivity index (χ0v) is 26.1. The second-order valence-corrected chi connectivity index (χ2v) is 12.0. The molecule has 0 spiro atoms. The molecule has 9 heteroatoms. The second-order valence-electron chi connectivity index (χ2n) is 12.0. The maximum Gasteiger partial charge on any atom is 0.220 e. The van der Waals surface area contributed by atoms with E-state index in [0.29, 0.717) is 12.8 Å². The number of aliphatic hydroxyl groups is 5. The molecule has 1 heterocycles. The van der Waals surface area contributed by atoms with Gasteiger partial charge in [-0.15, -0.1) is 0 Å². The van der Waals surface area contributed by atoms with Crippen molar-refractivity contribution in [2.75, 3.05) is 13.2 Å². The molecular formula is C32H63NO8. The van der Waals surface area contributed by atoms with Gasteiger partial charge < -0.3 is 40.3 Å². The van der Waals surface area contributed by atoms with Crippen LogP contribution in [0.2, 0.25) is 0 Å². The monoisotopic (exact) mass is 589 g/mol. The molecule has 7 atom stereocenters. The summed E-state index contributed by atoms with van der Waals surface area (Å²) >= 11 is 0. The van der Waals surface area contributed by atoms with Crippen LogP contribution in [0, 0.1) is 0 Å². The summed E-state index contributed by atoms with van der Waals surface area (Å²) < 4.78 is 11.1. The van der Waals surface area contributed by atoms with Crippen LogP contribution < -0.4 is 5.32 Å². The van der Waals surface area contributed by atoms with Crippen molar-refractivity contribution in [2.45, 2.75) is 185 Å². The molecule has 0 radical (unpaired) electrons. The Kier molecular flexibility index (Phi) is 22.9. The lowest BCUT2D eigenvalue weighted by Crippen LogP contribution is -2.60. The molecule has 6 N–H and O–H groups in total. The van der Waals surface area contributed by atoms with Gasteiger partial charge in [0.15, 0.2) is 6.29 Å². The van der Waals surface area contributed by atoms with Gasteiger partial charge in [0.05, 0.1) is 25.4 Å². The van der Waals surface area contributed by atoms with Crippen molar-refractivity contribution in [2.24, 2.45) is 0 Å².